The summed E-state index contributed by atoms with van der Waals surface area (Å²) >= 11 is 12.0. The van der Waals surface area contributed by atoms with E-state index in [0.717, 1.165) is 30.8 Å². The molecule has 25 heavy (non-hydrogen) atoms. The highest BCUT2D eigenvalue weighted by molar-refractivity contribution is 6.35. The van der Waals surface area contributed by atoms with Crippen molar-refractivity contribution in [3.05, 3.63) is 57.7 Å². The summed E-state index contributed by atoms with van der Waals surface area (Å²) in [5, 5.41) is 4.62. The number of nitrogens with one attached hydrogen (secondary N) is 1. The Hall–Kier alpha value is -1.50. The number of benzene rings is 1. The molecule has 1 unspecified atom stereocenters. The van der Waals surface area contributed by atoms with E-state index in [-0.39, 0.29) is 6.04 Å². The molecule has 2 aromatic rings. The number of pyridine rings is 1. The number of hydrogen-bond acceptors (Lipinski definition) is 3. The number of hydrogen-bond donors (Lipinski definition) is 1. The van der Waals surface area contributed by atoms with Crippen LogP contribution in [-0.4, -0.2) is 24.1 Å². The normalized spacial score (nSPS) is 18.0. The van der Waals surface area contributed by atoms with Crippen molar-refractivity contribution in [1.82, 2.24) is 10.3 Å². The fraction of sp³-hybridized carbons (Fsp3) is 0.353. The van der Waals surface area contributed by atoms with E-state index in [4.69, 9.17) is 23.2 Å². The van der Waals surface area contributed by atoms with Gasteiger partial charge in [-0.3, -0.25) is 0 Å². The van der Waals surface area contributed by atoms with Gasteiger partial charge in [0.1, 0.15) is 5.82 Å². The van der Waals surface area contributed by atoms with Crippen molar-refractivity contribution in [2.45, 2.75) is 25.2 Å². The Morgan fingerprint density at radius 2 is 2.00 bits per heavy atom. The second kappa shape index (κ2) is 7.40. The predicted octanol–water partition coefficient (Wildman–Crippen LogP) is 4.78. The van der Waals surface area contributed by atoms with Gasteiger partial charge >= 0.3 is 6.18 Å². The number of anilines is 1. The molecule has 8 heteroatoms. The van der Waals surface area contributed by atoms with Gasteiger partial charge in [-0.25, -0.2) is 4.98 Å². The molecule has 0 saturated carbocycles. The molecule has 0 bridgehead atoms. The molecule has 1 aliphatic rings. The first-order valence-electron chi connectivity index (χ1n) is 7.78. The molecular weight excluding hydrogens is 374 g/mol. The molecule has 3 nitrogen and oxygen atoms in total. The number of halogens is 5. The second-order valence-corrected chi connectivity index (χ2v) is 6.79. The summed E-state index contributed by atoms with van der Waals surface area (Å²) in [4.78, 5) is 5.92. The standard InChI is InChI=1S/C17H16Cl2F3N3/c18-13-3-1-11(15(19)7-13)8-23-14-5-6-25(10-14)16-4-2-12(9-24-16)17(20,21)22/h1-4,7,9,14,23H,5-6,8,10H2. The van der Waals surface area contributed by atoms with Gasteiger partial charge < -0.3 is 10.2 Å². The van der Waals surface area contributed by atoms with Crippen molar-refractivity contribution in [3.8, 4) is 0 Å². The Bertz CT molecular complexity index is 735. The molecule has 0 radical (unpaired) electrons. The van der Waals surface area contributed by atoms with Gasteiger partial charge in [0, 0.05) is 41.9 Å². The fourth-order valence-corrected chi connectivity index (χ4v) is 3.27. The van der Waals surface area contributed by atoms with Crippen LogP contribution in [-0.2, 0) is 12.7 Å². The van der Waals surface area contributed by atoms with E-state index in [2.05, 4.69) is 10.3 Å². The Balaban J connectivity index is 1.56. The third kappa shape index (κ3) is 4.57. The molecule has 0 spiro atoms. The topological polar surface area (TPSA) is 28.2 Å². The lowest BCUT2D eigenvalue weighted by atomic mass is 10.2. The maximum Gasteiger partial charge on any atom is 0.417 e. The minimum atomic E-state index is -4.36. The van der Waals surface area contributed by atoms with Gasteiger partial charge in [-0.05, 0) is 36.2 Å². The summed E-state index contributed by atoms with van der Waals surface area (Å²) in [6.45, 7) is 2.03. The van der Waals surface area contributed by atoms with Crippen molar-refractivity contribution in [2.75, 3.05) is 18.0 Å². The summed E-state index contributed by atoms with van der Waals surface area (Å²) in [7, 11) is 0. The molecule has 1 N–H and O–H groups in total. The monoisotopic (exact) mass is 389 g/mol. The van der Waals surface area contributed by atoms with E-state index < -0.39 is 11.7 Å². The molecule has 0 aliphatic carbocycles. The highest BCUT2D eigenvalue weighted by Crippen LogP contribution is 2.30. The summed E-state index contributed by atoms with van der Waals surface area (Å²) < 4.78 is 37.8. The summed E-state index contributed by atoms with van der Waals surface area (Å²) in [5.74, 6) is 0.557. The van der Waals surface area contributed by atoms with Crippen LogP contribution < -0.4 is 10.2 Å². The van der Waals surface area contributed by atoms with Crippen molar-refractivity contribution in [3.63, 3.8) is 0 Å². The molecule has 134 valence electrons. The molecule has 1 aromatic carbocycles. The van der Waals surface area contributed by atoms with Crippen molar-refractivity contribution >= 4 is 29.0 Å². The van der Waals surface area contributed by atoms with Gasteiger partial charge in [-0.2, -0.15) is 13.2 Å². The minimum Gasteiger partial charge on any atom is -0.355 e. The molecule has 1 atom stereocenters. The number of rotatable bonds is 4. The van der Waals surface area contributed by atoms with E-state index in [1.54, 1.807) is 12.1 Å². The molecule has 1 saturated heterocycles. The third-order valence-electron chi connectivity index (χ3n) is 4.18. The molecule has 3 rings (SSSR count). The van der Waals surface area contributed by atoms with Gasteiger partial charge in [-0.15, -0.1) is 0 Å². The quantitative estimate of drug-likeness (QED) is 0.815. The van der Waals surface area contributed by atoms with Crippen molar-refractivity contribution < 1.29 is 13.2 Å². The number of aromatic nitrogens is 1. The van der Waals surface area contributed by atoms with Gasteiger partial charge in [0.25, 0.3) is 0 Å². The number of nitrogens with zero attached hydrogens (tertiary/aromatic N) is 2. The first-order chi connectivity index (χ1) is 11.8. The third-order valence-corrected chi connectivity index (χ3v) is 4.77. The molecule has 1 fully saturated rings. The van der Waals surface area contributed by atoms with Crippen LogP contribution >= 0.6 is 23.2 Å². The van der Waals surface area contributed by atoms with Crippen LogP contribution in [0.1, 0.15) is 17.5 Å². The molecule has 1 aliphatic heterocycles. The van der Waals surface area contributed by atoms with Crippen molar-refractivity contribution in [1.29, 1.82) is 0 Å². The lowest BCUT2D eigenvalue weighted by Gasteiger charge is -2.19. The molecular formula is C17H16Cl2F3N3. The Morgan fingerprint density at radius 3 is 2.64 bits per heavy atom. The summed E-state index contributed by atoms with van der Waals surface area (Å²) in [5.41, 5.74) is 0.222. The van der Waals surface area contributed by atoms with Gasteiger partial charge in [0.05, 0.1) is 5.56 Å². The Kier molecular flexibility index (Phi) is 5.41. The average Bonchev–Trinajstić information content (AvgIpc) is 3.02. The zero-order valence-electron chi connectivity index (χ0n) is 13.2. The Morgan fingerprint density at radius 1 is 1.20 bits per heavy atom. The summed E-state index contributed by atoms with van der Waals surface area (Å²) in [6.07, 6.45) is -2.60. The summed E-state index contributed by atoms with van der Waals surface area (Å²) in [6, 6.07) is 8.07. The van der Waals surface area contributed by atoms with Gasteiger partial charge in [0.15, 0.2) is 0 Å². The van der Waals surface area contributed by atoms with Crippen LogP contribution in [0, 0.1) is 0 Å². The van der Waals surface area contributed by atoms with Crippen LogP contribution in [0.15, 0.2) is 36.5 Å². The van der Waals surface area contributed by atoms with E-state index >= 15 is 0 Å². The van der Waals surface area contributed by atoms with E-state index in [1.165, 1.54) is 6.07 Å². The lowest BCUT2D eigenvalue weighted by Crippen LogP contribution is -2.32. The highest BCUT2D eigenvalue weighted by Gasteiger charge is 2.31. The minimum absolute atomic E-state index is 0.218. The van der Waals surface area contributed by atoms with Crippen molar-refractivity contribution in [2.24, 2.45) is 0 Å². The van der Waals surface area contributed by atoms with Crippen LogP contribution in [0.25, 0.3) is 0 Å². The van der Waals surface area contributed by atoms with Gasteiger partial charge in [-0.1, -0.05) is 29.3 Å². The molecule has 1 aromatic heterocycles. The van der Waals surface area contributed by atoms with Crippen LogP contribution in [0.3, 0.4) is 0 Å². The zero-order valence-corrected chi connectivity index (χ0v) is 14.7. The smallest absolute Gasteiger partial charge is 0.355 e. The van der Waals surface area contributed by atoms with E-state index in [9.17, 15) is 13.2 Å². The maximum atomic E-state index is 12.6. The van der Waals surface area contributed by atoms with E-state index in [0.29, 0.717) is 29.0 Å². The first kappa shape index (κ1) is 18.3. The second-order valence-electron chi connectivity index (χ2n) is 5.95. The maximum absolute atomic E-state index is 12.6. The number of alkyl halides is 3. The highest BCUT2D eigenvalue weighted by atomic mass is 35.5. The molecule has 0 amide bonds. The fourth-order valence-electron chi connectivity index (χ4n) is 2.80. The lowest BCUT2D eigenvalue weighted by molar-refractivity contribution is -0.137. The van der Waals surface area contributed by atoms with E-state index in [1.807, 2.05) is 11.0 Å². The molecule has 2 heterocycles. The van der Waals surface area contributed by atoms with Crippen LogP contribution in [0.2, 0.25) is 10.0 Å². The largest absolute Gasteiger partial charge is 0.417 e. The predicted molar refractivity (Wildman–Crippen MR) is 93.2 cm³/mol. The average molecular weight is 390 g/mol. The van der Waals surface area contributed by atoms with Crippen LogP contribution in [0.4, 0.5) is 19.0 Å². The SMILES string of the molecule is FC(F)(F)c1ccc(N2CCC(NCc3ccc(Cl)cc3Cl)C2)nc1. The zero-order chi connectivity index (χ0) is 18.0. The Labute approximate surface area is 153 Å². The van der Waals surface area contributed by atoms with Crippen LogP contribution in [0.5, 0.6) is 0 Å². The van der Waals surface area contributed by atoms with Gasteiger partial charge in [0.2, 0.25) is 0 Å². The first-order valence-corrected chi connectivity index (χ1v) is 8.54.